The fourth-order valence-corrected chi connectivity index (χ4v) is 2.95. The molecule has 2 heterocycles. The van der Waals surface area contributed by atoms with E-state index in [1.165, 1.54) is 11.8 Å². The van der Waals surface area contributed by atoms with Gasteiger partial charge in [0, 0.05) is 5.56 Å². The van der Waals surface area contributed by atoms with Crippen LogP contribution in [0.2, 0.25) is 0 Å². The summed E-state index contributed by atoms with van der Waals surface area (Å²) < 4.78 is 12.3. The molecule has 1 fully saturated rings. The molecule has 0 bridgehead atoms. The molecule has 4 rings (SSSR count). The Kier molecular flexibility index (Phi) is 3.03. The monoisotopic (exact) mass is 304 g/mol. The van der Waals surface area contributed by atoms with E-state index in [0.717, 1.165) is 12.8 Å². The number of aromatic nitrogens is 4. The smallest absolute Gasteiger partial charge is 0.231 e. The summed E-state index contributed by atoms with van der Waals surface area (Å²) in [5, 5.41) is 12.3. The number of carbonyl (C=O) groups excluding carboxylic acids is 1. The number of ether oxygens (including phenoxy) is 2. The predicted octanol–water partition coefficient (Wildman–Crippen LogP) is 1.71. The average molecular weight is 304 g/mol. The van der Waals surface area contributed by atoms with Gasteiger partial charge in [-0.1, -0.05) is 11.8 Å². The summed E-state index contributed by atoms with van der Waals surface area (Å²) in [7, 11) is 0. The van der Waals surface area contributed by atoms with Crippen LogP contribution < -0.4 is 9.47 Å². The molecule has 7 nitrogen and oxygen atoms in total. The fraction of sp³-hybridized carbons (Fsp3) is 0.385. The number of nitrogens with zero attached hydrogens (tertiary/aromatic N) is 4. The Labute approximate surface area is 124 Å². The van der Waals surface area contributed by atoms with Crippen molar-refractivity contribution >= 4 is 17.5 Å². The maximum absolute atomic E-state index is 12.2. The van der Waals surface area contributed by atoms with Crippen LogP contribution in [0.5, 0.6) is 11.5 Å². The summed E-state index contributed by atoms with van der Waals surface area (Å²) in [6.45, 7) is 0.206. The first-order valence-electron chi connectivity index (χ1n) is 6.65. The van der Waals surface area contributed by atoms with Gasteiger partial charge in [-0.3, -0.25) is 4.79 Å². The maximum atomic E-state index is 12.2. The molecule has 0 unspecified atom stereocenters. The van der Waals surface area contributed by atoms with Crippen molar-refractivity contribution in [2.24, 2.45) is 0 Å². The third kappa shape index (κ3) is 2.46. The van der Waals surface area contributed by atoms with Gasteiger partial charge in [-0.15, -0.1) is 5.10 Å². The molecule has 2 aromatic rings. The number of tetrazole rings is 1. The van der Waals surface area contributed by atoms with E-state index in [0.29, 0.717) is 34.0 Å². The summed E-state index contributed by atoms with van der Waals surface area (Å²) in [5.41, 5.74) is 0.609. The van der Waals surface area contributed by atoms with Crippen LogP contribution in [-0.2, 0) is 0 Å². The Morgan fingerprint density at radius 2 is 2.19 bits per heavy atom. The molecule has 0 radical (unpaired) electrons. The number of rotatable bonds is 5. The number of carbonyl (C=O) groups is 1. The standard InChI is InChI=1S/C13H12N4O3S/c18-10(8-1-4-11-12(5-8)20-7-19-11)6-21-13-14-15-16-17(13)9-2-3-9/h1,4-5,9H,2-3,6-7H2. The average Bonchev–Trinajstić information content (AvgIpc) is 3.06. The van der Waals surface area contributed by atoms with Gasteiger partial charge >= 0.3 is 0 Å². The molecule has 0 amide bonds. The van der Waals surface area contributed by atoms with Crippen LogP contribution in [-0.4, -0.2) is 38.5 Å². The van der Waals surface area contributed by atoms with Crippen molar-refractivity contribution in [1.29, 1.82) is 0 Å². The summed E-state index contributed by atoms with van der Waals surface area (Å²) in [6.07, 6.45) is 2.21. The number of hydrogen-bond donors (Lipinski definition) is 0. The van der Waals surface area contributed by atoms with Gasteiger partial charge in [0.15, 0.2) is 17.3 Å². The number of fused-ring (bicyclic) bond motifs is 1. The van der Waals surface area contributed by atoms with Gasteiger partial charge in [-0.25, -0.2) is 4.68 Å². The summed E-state index contributed by atoms with van der Waals surface area (Å²) in [6, 6.07) is 5.63. The van der Waals surface area contributed by atoms with Gasteiger partial charge in [0.1, 0.15) is 0 Å². The molecule has 1 aliphatic heterocycles. The van der Waals surface area contributed by atoms with Crippen molar-refractivity contribution in [2.45, 2.75) is 24.0 Å². The van der Waals surface area contributed by atoms with Gasteiger partial charge in [0.25, 0.3) is 0 Å². The zero-order valence-electron chi connectivity index (χ0n) is 11.1. The third-order valence-corrected chi connectivity index (χ3v) is 4.32. The minimum Gasteiger partial charge on any atom is -0.454 e. The quantitative estimate of drug-likeness (QED) is 0.614. The molecule has 0 atom stereocenters. The van der Waals surface area contributed by atoms with Gasteiger partial charge in [-0.2, -0.15) is 0 Å². The highest BCUT2D eigenvalue weighted by Crippen LogP contribution is 2.36. The second-order valence-corrected chi connectivity index (χ2v) is 5.86. The second-order valence-electron chi connectivity index (χ2n) is 4.92. The fourth-order valence-electron chi connectivity index (χ4n) is 2.11. The first-order valence-corrected chi connectivity index (χ1v) is 7.63. The Bertz CT molecular complexity index is 698. The van der Waals surface area contributed by atoms with E-state index in [9.17, 15) is 4.79 Å². The third-order valence-electron chi connectivity index (χ3n) is 3.38. The highest BCUT2D eigenvalue weighted by Gasteiger charge is 2.28. The molecule has 2 aliphatic rings. The molecule has 21 heavy (non-hydrogen) atoms. The van der Waals surface area contributed by atoms with Crippen LogP contribution in [0.1, 0.15) is 29.2 Å². The van der Waals surface area contributed by atoms with E-state index in [2.05, 4.69) is 15.5 Å². The van der Waals surface area contributed by atoms with E-state index in [-0.39, 0.29) is 12.6 Å². The van der Waals surface area contributed by atoms with Crippen LogP contribution >= 0.6 is 11.8 Å². The largest absolute Gasteiger partial charge is 0.454 e. The first-order chi connectivity index (χ1) is 10.3. The molecule has 108 valence electrons. The van der Waals surface area contributed by atoms with Gasteiger partial charge in [0.05, 0.1) is 11.8 Å². The number of thioether (sulfide) groups is 1. The van der Waals surface area contributed by atoms with Crippen molar-refractivity contribution < 1.29 is 14.3 Å². The van der Waals surface area contributed by atoms with Crippen LogP contribution in [0, 0.1) is 0 Å². The lowest BCUT2D eigenvalue weighted by molar-refractivity contribution is 0.102. The Morgan fingerprint density at radius 3 is 3.05 bits per heavy atom. The Hall–Kier alpha value is -2.09. The molecule has 0 saturated heterocycles. The molecule has 1 aromatic heterocycles. The highest BCUT2D eigenvalue weighted by molar-refractivity contribution is 7.99. The van der Waals surface area contributed by atoms with E-state index < -0.39 is 0 Å². The lowest BCUT2D eigenvalue weighted by Crippen LogP contribution is -2.05. The summed E-state index contributed by atoms with van der Waals surface area (Å²) in [4.78, 5) is 12.2. The lowest BCUT2D eigenvalue weighted by Gasteiger charge is -2.03. The molecule has 1 aliphatic carbocycles. The summed E-state index contributed by atoms with van der Waals surface area (Å²) in [5.74, 6) is 1.61. The van der Waals surface area contributed by atoms with Crippen molar-refractivity contribution in [1.82, 2.24) is 20.2 Å². The molecule has 1 saturated carbocycles. The number of Topliss-reactive ketones (excluding diaryl/α,β-unsaturated/α-hetero) is 1. The molecule has 0 N–H and O–H groups in total. The Morgan fingerprint density at radius 1 is 1.33 bits per heavy atom. The van der Waals surface area contributed by atoms with E-state index in [1.54, 1.807) is 22.9 Å². The summed E-state index contributed by atoms with van der Waals surface area (Å²) >= 11 is 1.36. The van der Waals surface area contributed by atoms with E-state index in [4.69, 9.17) is 9.47 Å². The zero-order valence-corrected chi connectivity index (χ0v) is 11.9. The normalized spacial score (nSPS) is 16.2. The van der Waals surface area contributed by atoms with Gasteiger partial charge < -0.3 is 9.47 Å². The van der Waals surface area contributed by atoms with Crippen molar-refractivity contribution in [2.75, 3.05) is 12.5 Å². The second kappa shape index (κ2) is 5.03. The zero-order chi connectivity index (χ0) is 14.2. The van der Waals surface area contributed by atoms with Gasteiger partial charge in [0.2, 0.25) is 11.9 Å². The highest BCUT2D eigenvalue weighted by atomic mass is 32.2. The maximum Gasteiger partial charge on any atom is 0.231 e. The molecular weight excluding hydrogens is 292 g/mol. The SMILES string of the molecule is O=C(CSc1nnnn1C1CC1)c1ccc2c(c1)OCO2. The van der Waals surface area contributed by atoms with Crippen molar-refractivity contribution in [3.8, 4) is 11.5 Å². The molecule has 8 heteroatoms. The first kappa shape index (κ1) is 12.6. The van der Waals surface area contributed by atoms with Crippen molar-refractivity contribution in [3.05, 3.63) is 23.8 Å². The van der Waals surface area contributed by atoms with Crippen molar-refractivity contribution in [3.63, 3.8) is 0 Å². The number of ketones is 1. The van der Waals surface area contributed by atoms with Crippen LogP contribution in [0.4, 0.5) is 0 Å². The molecular formula is C13H12N4O3S. The van der Waals surface area contributed by atoms with Crippen LogP contribution in [0.15, 0.2) is 23.4 Å². The minimum absolute atomic E-state index is 0.0173. The molecule has 0 spiro atoms. The number of hydrogen-bond acceptors (Lipinski definition) is 7. The van der Waals surface area contributed by atoms with Crippen LogP contribution in [0.3, 0.4) is 0 Å². The lowest BCUT2D eigenvalue weighted by atomic mass is 10.1. The topological polar surface area (TPSA) is 79.1 Å². The van der Waals surface area contributed by atoms with E-state index >= 15 is 0 Å². The van der Waals surface area contributed by atoms with Gasteiger partial charge in [-0.05, 0) is 41.5 Å². The molecule has 1 aromatic carbocycles. The Balaban J connectivity index is 1.44. The van der Waals surface area contributed by atoms with E-state index in [1.807, 2.05) is 0 Å². The van der Waals surface area contributed by atoms with Crippen LogP contribution in [0.25, 0.3) is 0 Å². The minimum atomic E-state index is 0.0173. The number of benzene rings is 1. The predicted molar refractivity (Wildman–Crippen MR) is 73.7 cm³/mol.